The predicted octanol–water partition coefficient (Wildman–Crippen LogP) is 4.12. The Bertz CT molecular complexity index is 753. The summed E-state index contributed by atoms with van der Waals surface area (Å²) in [4.78, 5) is 0. The van der Waals surface area contributed by atoms with Crippen LogP contribution in [0.1, 0.15) is 0 Å². The molecule has 0 saturated carbocycles. The molecule has 1 aromatic heterocycles. The Morgan fingerprint density at radius 1 is 1.05 bits per heavy atom. The molecule has 3 nitrogen and oxygen atoms in total. The summed E-state index contributed by atoms with van der Waals surface area (Å²) in [6.45, 7) is 0. The number of halogens is 2. The van der Waals surface area contributed by atoms with E-state index in [2.05, 4.69) is 10.2 Å². The third-order valence-corrected chi connectivity index (χ3v) is 3.46. The molecule has 0 amide bonds. The molecular formula is C15H11ClFN3. The van der Waals surface area contributed by atoms with Crippen LogP contribution < -0.4 is 5.73 Å². The van der Waals surface area contributed by atoms with Crippen LogP contribution in [0.15, 0.2) is 48.5 Å². The van der Waals surface area contributed by atoms with Gasteiger partial charge in [0.05, 0.1) is 16.3 Å². The number of aromatic nitrogens is 2. The van der Waals surface area contributed by atoms with E-state index in [1.165, 1.54) is 6.07 Å². The number of hydrogen-bond acceptors (Lipinski definition) is 2. The quantitative estimate of drug-likeness (QED) is 0.745. The van der Waals surface area contributed by atoms with E-state index < -0.39 is 5.82 Å². The Morgan fingerprint density at radius 3 is 2.55 bits per heavy atom. The van der Waals surface area contributed by atoms with E-state index in [0.717, 1.165) is 11.1 Å². The zero-order valence-corrected chi connectivity index (χ0v) is 11.2. The van der Waals surface area contributed by atoms with Crippen LogP contribution in [0.5, 0.6) is 0 Å². The van der Waals surface area contributed by atoms with Crippen molar-refractivity contribution in [2.75, 3.05) is 5.73 Å². The molecule has 0 fully saturated rings. The van der Waals surface area contributed by atoms with Gasteiger partial charge in [-0.25, -0.2) is 4.39 Å². The number of nitrogens with one attached hydrogen (secondary N) is 1. The van der Waals surface area contributed by atoms with Crippen LogP contribution in [0.4, 0.5) is 10.2 Å². The van der Waals surface area contributed by atoms with Crippen molar-refractivity contribution < 1.29 is 4.39 Å². The van der Waals surface area contributed by atoms with Crippen LogP contribution in [0.3, 0.4) is 0 Å². The summed E-state index contributed by atoms with van der Waals surface area (Å²) in [5, 5.41) is 6.89. The van der Waals surface area contributed by atoms with Gasteiger partial charge < -0.3 is 5.73 Å². The Kier molecular flexibility index (Phi) is 3.16. The number of H-pyrrole nitrogens is 1. The largest absolute Gasteiger partial charge is 0.382 e. The maximum absolute atomic E-state index is 13.6. The van der Waals surface area contributed by atoms with Gasteiger partial charge in [-0.15, -0.1) is 0 Å². The second-order valence-corrected chi connectivity index (χ2v) is 4.70. The molecule has 3 rings (SSSR count). The van der Waals surface area contributed by atoms with Crippen LogP contribution in [0, 0.1) is 5.82 Å². The lowest BCUT2D eigenvalue weighted by Gasteiger charge is -2.07. The summed E-state index contributed by atoms with van der Waals surface area (Å²) in [6.07, 6.45) is 0. The fourth-order valence-corrected chi connectivity index (χ4v) is 2.37. The van der Waals surface area contributed by atoms with Gasteiger partial charge in [0.25, 0.3) is 0 Å². The van der Waals surface area contributed by atoms with Crippen LogP contribution >= 0.6 is 11.6 Å². The molecule has 3 aromatic rings. The Balaban J connectivity index is 2.24. The van der Waals surface area contributed by atoms with Crippen LogP contribution in [0.2, 0.25) is 5.02 Å². The van der Waals surface area contributed by atoms with Crippen LogP contribution in [-0.2, 0) is 0 Å². The highest BCUT2D eigenvalue weighted by molar-refractivity contribution is 6.33. The average Bonchev–Trinajstić information content (AvgIpc) is 2.84. The first kappa shape index (κ1) is 12.7. The predicted molar refractivity (Wildman–Crippen MR) is 78.8 cm³/mol. The first-order valence-corrected chi connectivity index (χ1v) is 6.40. The van der Waals surface area contributed by atoms with Gasteiger partial charge in [0.15, 0.2) is 5.82 Å². The molecule has 100 valence electrons. The molecule has 3 N–H and O–H groups in total. The molecule has 0 saturated heterocycles. The summed E-state index contributed by atoms with van der Waals surface area (Å²) in [6, 6.07) is 14.2. The average molecular weight is 288 g/mol. The maximum Gasteiger partial charge on any atom is 0.153 e. The van der Waals surface area contributed by atoms with E-state index in [1.54, 1.807) is 12.1 Å². The molecule has 0 atom stereocenters. The van der Waals surface area contributed by atoms with Gasteiger partial charge in [-0.2, -0.15) is 5.10 Å². The Morgan fingerprint density at radius 2 is 1.80 bits per heavy atom. The van der Waals surface area contributed by atoms with Crippen molar-refractivity contribution in [1.29, 1.82) is 0 Å². The van der Waals surface area contributed by atoms with E-state index in [9.17, 15) is 4.39 Å². The van der Waals surface area contributed by atoms with Crippen molar-refractivity contribution in [3.8, 4) is 22.4 Å². The SMILES string of the molecule is Nc1n[nH]c(-c2cccc(F)c2Cl)c1-c1ccccc1. The molecule has 0 aliphatic rings. The smallest absolute Gasteiger partial charge is 0.153 e. The summed E-state index contributed by atoms with van der Waals surface area (Å²) >= 11 is 6.03. The number of nitrogens with two attached hydrogens (primary N) is 1. The van der Waals surface area contributed by atoms with Crippen molar-refractivity contribution in [3.63, 3.8) is 0 Å². The van der Waals surface area contributed by atoms with Crippen molar-refractivity contribution in [2.24, 2.45) is 0 Å². The van der Waals surface area contributed by atoms with Gasteiger partial charge >= 0.3 is 0 Å². The number of nitrogens with zero attached hydrogens (tertiary/aromatic N) is 1. The lowest BCUT2D eigenvalue weighted by atomic mass is 10.0. The van der Waals surface area contributed by atoms with Crippen LogP contribution in [-0.4, -0.2) is 10.2 Å². The third kappa shape index (κ3) is 2.04. The van der Waals surface area contributed by atoms with E-state index >= 15 is 0 Å². The van der Waals surface area contributed by atoms with Crippen molar-refractivity contribution in [2.45, 2.75) is 0 Å². The molecule has 0 unspecified atom stereocenters. The second-order valence-electron chi connectivity index (χ2n) is 4.33. The van der Waals surface area contributed by atoms with Crippen LogP contribution in [0.25, 0.3) is 22.4 Å². The lowest BCUT2D eigenvalue weighted by Crippen LogP contribution is -1.89. The summed E-state index contributed by atoms with van der Waals surface area (Å²) in [5.41, 5.74) is 8.68. The zero-order valence-electron chi connectivity index (χ0n) is 10.4. The van der Waals surface area contributed by atoms with E-state index in [-0.39, 0.29) is 5.02 Å². The van der Waals surface area contributed by atoms with Gasteiger partial charge in [-0.1, -0.05) is 54.1 Å². The highest BCUT2D eigenvalue weighted by Gasteiger charge is 2.17. The van der Waals surface area contributed by atoms with Gasteiger partial charge in [-0.3, -0.25) is 5.10 Å². The first-order chi connectivity index (χ1) is 9.68. The van der Waals surface area contributed by atoms with E-state index in [0.29, 0.717) is 17.1 Å². The third-order valence-electron chi connectivity index (χ3n) is 3.08. The Hall–Kier alpha value is -2.33. The second kappa shape index (κ2) is 4.98. The molecule has 1 heterocycles. The van der Waals surface area contributed by atoms with Gasteiger partial charge in [-0.05, 0) is 11.6 Å². The number of anilines is 1. The highest BCUT2D eigenvalue weighted by Crippen LogP contribution is 2.38. The topological polar surface area (TPSA) is 54.7 Å². The monoisotopic (exact) mass is 287 g/mol. The fourth-order valence-electron chi connectivity index (χ4n) is 2.14. The maximum atomic E-state index is 13.6. The normalized spacial score (nSPS) is 10.7. The first-order valence-electron chi connectivity index (χ1n) is 6.02. The van der Waals surface area contributed by atoms with Crippen molar-refractivity contribution in [3.05, 3.63) is 59.4 Å². The number of hydrogen-bond donors (Lipinski definition) is 2. The van der Waals surface area contributed by atoms with Gasteiger partial charge in [0.2, 0.25) is 0 Å². The molecule has 20 heavy (non-hydrogen) atoms. The summed E-state index contributed by atoms with van der Waals surface area (Å²) in [7, 11) is 0. The van der Waals surface area contributed by atoms with Crippen molar-refractivity contribution in [1.82, 2.24) is 10.2 Å². The van der Waals surface area contributed by atoms with Crippen molar-refractivity contribution >= 4 is 17.4 Å². The molecular weight excluding hydrogens is 277 g/mol. The minimum absolute atomic E-state index is 0.0494. The molecule has 0 bridgehead atoms. The number of nitrogen functional groups attached to an aromatic ring is 1. The highest BCUT2D eigenvalue weighted by atomic mass is 35.5. The minimum atomic E-state index is -0.476. The standard InChI is InChI=1S/C15H11ClFN3/c16-13-10(7-4-8-11(13)17)14-12(15(18)20-19-14)9-5-2-1-3-6-9/h1-8H,(H3,18,19,20). The van der Waals surface area contributed by atoms with E-state index in [4.69, 9.17) is 17.3 Å². The molecule has 2 aromatic carbocycles. The van der Waals surface area contributed by atoms with E-state index in [1.807, 2.05) is 30.3 Å². The summed E-state index contributed by atoms with van der Waals surface area (Å²) in [5.74, 6) is -0.122. The molecule has 0 aliphatic heterocycles. The molecule has 5 heteroatoms. The van der Waals surface area contributed by atoms with Gasteiger partial charge in [0, 0.05) is 5.56 Å². The number of benzene rings is 2. The molecule has 0 radical (unpaired) electrons. The number of aromatic amines is 1. The Labute approximate surface area is 120 Å². The molecule has 0 spiro atoms. The fraction of sp³-hybridized carbons (Fsp3) is 0. The minimum Gasteiger partial charge on any atom is -0.382 e. The summed E-state index contributed by atoms with van der Waals surface area (Å²) < 4.78 is 13.6. The van der Waals surface area contributed by atoms with Gasteiger partial charge in [0.1, 0.15) is 5.82 Å². The number of rotatable bonds is 2. The zero-order chi connectivity index (χ0) is 14.1. The molecule has 0 aliphatic carbocycles. The lowest BCUT2D eigenvalue weighted by molar-refractivity contribution is 0.628.